The second kappa shape index (κ2) is 95.7. The fourth-order valence-electron chi connectivity index (χ4n) is 13.3. The zero-order chi connectivity index (χ0) is 89.3. The maximum Gasteiger partial charge on any atom is 0.472 e. The normalized spacial score (nSPS) is 14.5. The molecule has 0 aliphatic heterocycles. The molecule has 0 heterocycles. The molecule has 0 fully saturated rings. The monoisotopic (exact) mass is 1760 g/mol. The van der Waals surface area contributed by atoms with Crippen molar-refractivity contribution in [3.8, 4) is 0 Å². The van der Waals surface area contributed by atoms with Crippen molar-refractivity contribution in [1.29, 1.82) is 0 Å². The summed E-state index contributed by atoms with van der Waals surface area (Å²) in [6.07, 6.45) is 127. The van der Waals surface area contributed by atoms with Gasteiger partial charge >= 0.3 is 33.6 Å². The Hall–Kier alpha value is -5.35. The smallest absolute Gasteiger partial charge is 0.463 e. The van der Waals surface area contributed by atoms with Crippen LogP contribution in [0.2, 0.25) is 0 Å². The van der Waals surface area contributed by atoms with Crippen LogP contribution in [0.4, 0.5) is 0 Å². The van der Waals surface area contributed by atoms with Crippen LogP contribution in [0.1, 0.15) is 406 Å². The summed E-state index contributed by atoms with van der Waals surface area (Å²) in [5.41, 5.74) is 0. The number of phosphoric ester groups is 2. The number of carbonyl (C=O) groups excluding carboxylic acids is 3. The summed E-state index contributed by atoms with van der Waals surface area (Å²) < 4.78 is 61.6. The van der Waals surface area contributed by atoms with E-state index in [0.717, 1.165) is 180 Å². The third-order valence-corrected chi connectivity index (χ3v) is 22.5. The highest BCUT2D eigenvalue weighted by Gasteiger charge is 2.30. The highest BCUT2D eigenvalue weighted by atomic mass is 31.2. The van der Waals surface area contributed by atoms with Gasteiger partial charge in [0.1, 0.15) is 25.4 Å². The van der Waals surface area contributed by atoms with Gasteiger partial charge in [-0.2, -0.15) is 0 Å². The molecular weight excluding hydrogens is 1580 g/mol. The van der Waals surface area contributed by atoms with Gasteiger partial charge in [0.2, 0.25) is 0 Å². The number of carbonyl (C=O) groups is 3. The molecule has 0 spiro atoms. The lowest BCUT2D eigenvalue weighted by Crippen LogP contribution is -2.30. The highest BCUT2D eigenvalue weighted by molar-refractivity contribution is 7.47. The Balaban J connectivity index is 4.63. The number of allylic oxidation sites excluding steroid dienone is 30. The largest absolute Gasteiger partial charge is 0.472 e. The minimum Gasteiger partial charge on any atom is -0.463 e. The molecule has 0 aromatic carbocycles. The van der Waals surface area contributed by atoms with Gasteiger partial charge in [0, 0.05) is 19.3 Å². The molecule has 0 radical (unpaired) electrons. The van der Waals surface area contributed by atoms with E-state index in [9.17, 15) is 43.5 Å². The number of hydrogen-bond acceptors (Lipinski definition) is 14. The third kappa shape index (κ3) is 97.1. The first-order valence-electron chi connectivity index (χ1n) is 49.1. The summed E-state index contributed by atoms with van der Waals surface area (Å²) in [7, 11) is -9.82. The van der Waals surface area contributed by atoms with Crippen molar-refractivity contribution >= 4 is 33.6 Å². The van der Waals surface area contributed by atoms with E-state index in [-0.39, 0.29) is 19.3 Å². The van der Waals surface area contributed by atoms with E-state index >= 15 is 0 Å². The number of phosphoric acid groups is 2. The van der Waals surface area contributed by atoms with Gasteiger partial charge in [-0.05, 0) is 154 Å². The van der Waals surface area contributed by atoms with E-state index in [1.54, 1.807) is 0 Å². The molecule has 123 heavy (non-hydrogen) atoms. The van der Waals surface area contributed by atoms with Gasteiger partial charge in [0.15, 0.2) is 6.10 Å². The van der Waals surface area contributed by atoms with Crippen LogP contribution in [0, 0.1) is 0 Å². The van der Waals surface area contributed by atoms with E-state index in [4.69, 9.17) is 32.3 Å². The number of ether oxygens (including phenoxy) is 3. The molecule has 0 rings (SSSR count). The Morgan fingerprint density at radius 1 is 0.228 bits per heavy atom. The van der Waals surface area contributed by atoms with Crippen LogP contribution in [0.5, 0.6) is 0 Å². The van der Waals surface area contributed by atoms with Crippen molar-refractivity contribution in [3.63, 3.8) is 0 Å². The molecule has 0 amide bonds. The Kier molecular flexibility index (Phi) is 91.6. The van der Waals surface area contributed by atoms with Crippen molar-refractivity contribution in [2.75, 3.05) is 39.6 Å². The molecule has 0 bridgehead atoms. The van der Waals surface area contributed by atoms with E-state index in [0.29, 0.717) is 19.3 Å². The average molecular weight is 1760 g/mol. The number of aliphatic hydroxyl groups is 2. The number of rotatable bonds is 92. The highest BCUT2D eigenvalue weighted by Crippen LogP contribution is 2.45. The van der Waals surface area contributed by atoms with Crippen LogP contribution < -0.4 is 0 Å². The third-order valence-electron chi connectivity index (χ3n) is 20.6. The van der Waals surface area contributed by atoms with Crippen LogP contribution in [-0.2, 0) is 55.8 Å². The number of hydrogen-bond donors (Lipinski definition) is 4. The van der Waals surface area contributed by atoms with Gasteiger partial charge in [-0.15, -0.1) is 0 Å². The Labute approximate surface area is 751 Å². The van der Waals surface area contributed by atoms with Crippen LogP contribution in [0.25, 0.3) is 0 Å². The van der Waals surface area contributed by atoms with E-state index < -0.39 is 91.5 Å². The van der Waals surface area contributed by atoms with E-state index in [1.165, 1.54) is 167 Å². The minimum absolute atomic E-state index is 0.0962. The SMILES string of the molecule is CC/C=C\C/C=C\C/C=C\C/C=C\C/C=C\CCCCCCCCCCCCCCCCCC(=O)OCC(O)COP(=O)(O)OCC(O)COP(=O)(O)OCC(COC(=O)CCCCCCCCCCCCCCC/C=C\C/C=C\C/C=C\C/C=C\C/C=C\CC)OC(=O)CCCCCCCCCCCCC/C=C\C/C=C\C/C=C\C/C=C\C/C=C\CC. The lowest BCUT2D eigenvalue weighted by Gasteiger charge is -2.21. The molecule has 5 unspecified atom stereocenters. The fraction of sp³-hybridized carbons (Fsp3) is 0.686. The predicted molar refractivity (Wildman–Crippen MR) is 518 cm³/mol. The molecule has 0 saturated heterocycles. The number of unbranched alkanes of at least 4 members (excludes halogenated alkanes) is 39. The first kappa shape index (κ1) is 118. The molecule has 0 aliphatic rings. The molecular formula is C105H178O16P2. The Morgan fingerprint density at radius 3 is 0.642 bits per heavy atom. The summed E-state index contributed by atoms with van der Waals surface area (Å²) in [6.45, 7) is 2.40. The summed E-state index contributed by atoms with van der Waals surface area (Å²) in [4.78, 5) is 59.2. The molecule has 0 aromatic heterocycles. The van der Waals surface area contributed by atoms with Crippen molar-refractivity contribution in [3.05, 3.63) is 182 Å². The van der Waals surface area contributed by atoms with E-state index in [1.807, 2.05) is 0 Å². The van der Waals surface area contributed by atoms with Crippen molar-refractivity contribution in [2.45, 2.75) is 424 Å². The molecule has 18 heteroatoms. The quantitative estimate of drug-likeness (QED) is 0.0146. The predicted octanol–water partition coefficient (Wildman–Crippen LogP) is 30.8. The van der Waals surface area contributed by atoms with Crippen LogP contribution in [0.15, 0.2) is 182 Å². The van der Waals surface area contributed by atoms with Crippen molar-refractivity contribution < 1.29 is 75.8 Å². The van der Waals surface area contributed by atoms with Gasteiger partial charge in [0.25, 0.3) is 0 Å². The Morgan fingerprint density at radius 2 is 0.407 bits per heavy atom. The second-order valence-corrected chi connectivity index (χ2v) is 35.3. The maximum absolute atomic E-state index is 13.1. The first-order valence-corrected chi connectivity index (χ1v) is 52.1. The molecule has 16 nitrogen and oxygen atoms in total. The lowest BCUT2D eigenvalue weighted by atomic mass is 10.0. The summed E-state index contributed by atoms with van der Waals surface area (Å²) in [6, 6.07) is 0. The average Bonchev–Trinajstić information content (AvgIpc) is 0.891. The summed E-state index contributed by atoms with van der Waals surface area (Å²) in [5, 5.41) is 20.8. The summed E-state index contributed by atoms with van der Waals surface area (Å²) in [5.74, 6) is -1.57. The van der Waals surface area contributed by atoms with E-state index in [2.05, 4.69) is 203 Å². The van der Waals surface area contributed by atoms with Gasteiger partial charge in [0.05, 0.1) is 26.4 Å². The zero-order valence-corrected chi connectivity index (χ0v) is 79.6. The molecule has 704 valence electrons. The van der Waals surface area contributed by atoms with Crippen molar-refractivity contribution in [2.24, 2.45) is 0 Å². The molecule has 4 N–H and O–H groups in total. The number of esters is 3. The lowest BCUT2D eigenvalue weighted by molar-refractivity contribution is -0.161. The molecule has 0 aromatic rings. The first-order chi connectivity index (χ1) is 60.2. The number of aliphatic hydroxyl groups excluding tert-OH is 2. The fourth-order valence-corrected chi connectivity index (χ4v) is 14.9. The molecule has 5 atom stereocenters. The molecule has 0 aliphatic carbocycles. The van der Waals surface area contributed by atoms with Crippen LogP contribution in [0.3, 0.4) is 0 Å². The van der Waals surface area contributed by atoms with Gasteiger partial charge < -0.3 is 34.2 Å². The van der Waals surface area contributed by atoms with Gasteiger partial charge in [-0.3, -0.25) is 32.5 Å². The Bertz CT molecular complexity index is 2970. The van der Waals surface area contributed by atoms with Crippen LogP contribution >= 0.6 is 15.6 Å². The van der Waals surface area contributed by atoms with Gasteiger partial charge in [-0.25, -0.2) is 9.13 Å². The van der Waals surface area contributed by atoms with Gasteiger partial charge in [-0.1, -0.05) is 415 Å². The molecule has 0 saturated carbocycles. The van der Waals surface area contributed by atoms with Crippen molar-refractivity contribution in [1.82, 2.24) is 0 Å². The second-order valence-electron chi connectivity index (χ2n) is 32.4. The summed E-state index contributed by atoms with van der Waals surface area (Å²) >= 11 is 0. The minimum atomic E-state index is -4.95. The maximum atomic E-state index is 13.1. The standard InChI is InChI=1S/C105H178O16P2/c1-4-7-10-13-16-19-22-25-28-31-34-37-40-43-46-48-49-51-54-55-58-61-64-67-70-73-76-79-82-85-88-91-103(108)115-94-100(106)95-117-122(111,112)118-96-101(107)97-119-123(113,114)120-99-102(121-105(110)93-90-87-84-81-78-75-72-69-66-63-60-57-52-45-42-39-36-33-30-27-24-21-18-15-12-9-6-3)98-116-104(109)92-89-86-83-80-77-74-71-68-65-62-59-56-53-50-47-44-41-38-35-32-29-26-23-20-17-14-11-8-5-2/h7-12,16-21,25-30,34-39,43-47,52,100-102,106-107H,4-6,13-15,22-24,31-33,40-42,48-51,53-99H2,1-3H3,(H,111,112)(H,113,114)/b10-7-,11-8-,12-9-,19-16-,20-17-,21-18-,28-25-,29-26-,30-27-,37-34-,38-35-,39-36-,46-43-,47-44-,52-45-. The topological polar surface area (TPSA) is 231 Å². The van der Waals surface area contributed by atoms with Crippen LogP contribution in [-0.4, -0.2) is 95.9 Å². The zero-order valence-electron chi connectivity index (χ0n) is 77.8.